The Morgan fingerprint density at radius 3 is 3.00 bits per heavy atom. The fourth-order valence-corrected chi connectivity index (χ4v) is 2.39. The SMILES string of the molecule is CC#CCCNCc1ccc(Br)s1. The van der Waals surface area contributed by atoms with Crippen LogP contribution >= 0.6 is 27.3 Å². The topological polar surface area (TPSA) is 12.0 Å². The molecule has 0 radical (unpaired) electrons. The van der Waals surface area contributed by atoms with Crippen molar-refractivity contribution in [1.82, 2.24) is 5.32 Å². The summed E-state index contributed by atoms with van der Waals surface area (Å²) in [7, 11) is 0. The molecule has 13 heavy (non-hydrogen) atoms. The number of hydrogen-bond acceptors (Lipinski definition) is 2. The van der Waals surface area contributed by atoms with Crippen LogP contribution in [0, 0.1) is 11.8 Å². The van der Waals surface area contributed by atoms with Gasteiger partial charge in [-0.3, -0.25) is 0 Å². The highest BCUT2D eigenvalue weighted by molar-refractivity contribution is 9.11. The Kier molecular flexibility index (Phi) is 5.14. The van der Waals surface area contributed by atoms with Crippen LogP contribution in [0.3, 0.4) is 0 Å². The Bertz CT molecular complexity index is 308. The van der Waals surface area contributed by atoms with Crippen LogP contribution in [0.1, 0.15) is 18.2 Å². The van der Waals surface area contributed by atoms with E-state index in [0.717, 1.165) is 19.5 Å². The molecule has 0 bridgehead atoms. The molecule has 0 unspecified atom stereocenters. The highest BCUT2D eigenvalue weighted by atomic mass is 79.9. The van der Waals surface area contributed by atoms with Crippen LogP contribution in [-0.2, 0) is 6.54 Å². The van der Waals surface area contributed by atoms with Gasteiger partial charge in [0, 0.05) is 24.4 Å². The smallest absolute Gasteiger partial charge is 0.0701 e. The maximum Gasteiger partial charge on any atom is 0.0701 e. The third-order valence-corrected chi connectivity index (χ3v) is 3.16. The lowest BCUT2D eigenvalue weighted by atomic mass is 10.4. The van der Waals surface area contributed by atoms with Crippen LogP contribution in [-0.4, -0.2) is 6.54 Å². The largest absolute Gasteiger partial charge is 0.311 e. The first-order chi connectivity index (χ1) is 6.33. The zero-order valence-corrected chi connectivity index (χ0v) is 9.96. The predicted molar refractivity (Wildman–Crippen MR) is 61.8 cm³/mol. The summed E-state index contributed by atoms with van der Waals surface area (Å²) in [5.41, 5.74) is 0. The lowest BCUT2D eigenvalue weighted by molar-refractivity contribution is 0.708. The van der Waals surface area contributed by atoms with Gasteiger partial charge in [0.05, 0.1) is 3.79 Å². The van der Waals surface area contributed by atoms with Crippen LogP contribution in [0.4, 0.5) is 0 Å². The Morgan fingerprint density at radius 2 is 2.38 bits per heavy atom. The van der Waals surface area contributed by atoms with Crippen LogP contribution in [0.2, 0.25) is 0 Å². The molecule has 1 aromatic rings. The van der Waals surface area contributed by atoms with Gasteiger partial charge in [-0.25, -0.2) is 0 Å². The van der Waals surface area contributed by atoms with Gasteiger partial charge >= 0.3 is 0 Å². The van der Waals surface area contributed by atoms with Crippen molar-refractivity contribution >= 4 is 27.3 Å². The van der Waals surface area contributed by atoms with Crippen molar-refractivity contribution in [2.45, 2.75) is 19.9 Å². The molecular weight excluding hydrogens is 246 g/mol. The van der Waals surface area contributed by atoms with Crippen LogP contribution in [0.15, 0.2) is 15.9 Å². The van der Waals surface area contributed by atoms with Gasteiger partial charge in [-0.2, -0.15) is 0 Å². The van der Waals surface area contributed by atoms with E-state index in [2.05, 4.69) is 45.2 Å². The maximum atomic E-state index is 3.43. The molecule has 0 aromatic carbocycles. The number of rotatable bonds is 4. The van der Waals surface area contributed by atoms with Crippen molar-refractivity contribution in [3.05, 3.63) is 20.8 Å². The molecule has 0 saturated carbocycles. The van der Waals surface area contributed by atoms with E-state index in [1.165, 1.54) is 8.66 Å². The molecule has 1 aromatic heterocycles. The molecule has 0 atom stereocenters. The van der Waals surface area contributed by atoms with Crippen molar-refractivity contribution in [3.63, 3.8) is 0 Å². The zero-order valence-electron chi connectivity index (χ0n) is 7.56. The molecule has 0 aliphatic heterocycles. The first-order valence-electron chi connectivity index (χ1n) is 4.17. The van der Waals surface area contributed by atoms with Gasteiger partial charge in [0.1, 0.15) is 0 Å². The maximum absolute atomic E-state index is 3.43. The Morgan fingerprint density at radius 1 is 1.54 bits per heavy atom. The Labute approximate surface area is 91.7 Å². The molecule has 3 heteroatoms. The second kappa shape index (κ2) is 6.20. The molecule has 1 nitrogen and oxygen atoms in total. The molecule has 1 rings (SSSR count). The predicted octanol–water partition coefficient (Wildman–Crippen LogP) is 3.01. The number of nitrogens with one attached hydrogen (secondary N) is 1. The zero-order chi connectivity index (χ0) is 9.52. The van der Waals surface area contributed by atoms with Gasteiger partial charge in [0.2, 0.25) is 0 Å². The van der Waals surface area contributed by atoms with Gasteiger partial charge in [-0.05, 0) is 35.0 Å². The van der Waals surface area contributed by atoms with Crippen molar-refractivity contribution in [2.24, 2.45) is 0 Å². The lowest BCUT2D eigenvalue weighted by Crippen LogP contribution is -2.13. The van der Waals surface area contributed by atoms with Crippen LogP contribution in [0.5, 0.6) is 0 Å². The number of hydrogen-bond donors (Lipinski definition) is 1. The summed E-state index contributed by atoms with van der Waals surface area (Å²) in [5.74, 6) is 5.90. The molecule has 1 heterocycles. The van der Waals surface area contributed by atoms with Crippen LogP contribution < -0.4 is 5.32 Å². The molecule has 0 fully saturated rings. The highest BCUT2D eigenvalue weighted by Crippen LogP contribution is 2.21. The second-order valence-electron chi connectivity index (χ2n) is 2.56. The van der Waals surface area contributed by atoms with Crippen LogP contribution in [0.25, 0.3) is 0 Å². The van der Waals surface area contributed by atoms with Gasteiger partial charge in [0.25, 0.3) is 0 Å². The van der Waals surface area contributed by atoms with E-state index in [0.29, 0.717) is 0 Å². The first-order valence-corrected chi connectivity index (χ1v) is 5.78. The van der Waals surface area contributed by atoms with E-state index < -0.39 is 0 Å². The summed E-state index contributed by atoms with van der Waals surface area (Å²) in [6.07, 6.45) is 0.934. The lowest BCUT2D eigenvalue weighted by Gasteiger charge is -1.97. The average molecular weight is 258 g/mol. The van der Waals surface area contributed by atoms with Crippen molar-refractivity contribution in [3.8, 4) is 11.8 Å². The monoisotopic (exact) mass is 257 g/mol. The third-order valence-electron chi connectivity index (χ3n) is 1.53. The molecule has 70 valence electrons. The minimum atomic E-state index is 0.934. The molecule has 0 aliphatic rings. The van der Waals surface area contributed by atoms with E-state index in [9.17, 15) is 0 Å². The molecule has 0 amide bonds. The minimum Gasteiger partial charge on any atom is -0.311 e. The van der Waals surface area contributed by atoms with Crippen molar-refractivity contribution < 1.29 is 0 Å². The molecular formula is C10H12BrNS. The molecule has 1 N–H and O–H groups in total. The number of halogens is 1. The third kappa shape index (κ3) is 4.47. The average Bonchev–Trinajstić information content (AvgIpc) is 2.51. The quantitative estimate of drug-likeness (QED) is 0.646. The Hall–Kier alpha value is -0.300. The highest BCUT2D eigenvalue weighted by Gasteiger charge is 1.95. The van der Waals surface area contributed by atoms with E-state index in [-0.39, 0.29) is 0 Å². The Balaban J connectivity index is 2.15. The summed E-state index contributed by atoms with van der Waals surface area (Å²) in [5, 5.41) is 3.34. The van der Waals surface area contributed by atoms with Gasteiger partial charge < -0.3 is 5.32 Å². The fraction of sp³-hybridized carbons (Fsp3) is 0.400. The summed E-state index contributed by atoms with van der Waals surface area (Å²) >= 11 is 5.20. The fourth-order valence-electron chi connectivity index (χ4n) is 0.934. The normalized spacial score (nSPS) is 9.38. The summed E-state index contributed by atoms with van der Waals surface area (Å²) in [6.45, 7) is 3.79. The van der Waals surface area contributed by atoms with E-state index >= 15 is 0 Å². The number of thiophene rings is 1. The summed E-state index contributed by atoms with van der Waals surface area (Å²) in [6, 6.07) is 4.21. The molecule has 0 spiro atoms. The first kappa shape index (κ1) is 10.8. The van der Waals surface area contributed by atoms with Crippen molar-refractivity contribution in [1.29, 1.82) is 0 Å². The van der Waals surface area contributed by atoms with E-state index in [1.54, 1.807) is 11.3 Å². The summed E-state index contributed by atoms with van der Waals surface area (Å²) in [4.78, 5) is 1.36. The van der Waals surface area contributed by atoms with Crippen molar-refractivity contribution in [2.75, 3.05) is 6.54 Å². The van der Waals surface area contributed by atoms with Gasteiger partial charge in [-0.15, -0.1) is 23.2 Å². The minimum absolute atomic E-state index is 0.934. The molecule has 0 aliphatic carbocycles. The second-order valence-corrected chi connectivity index (χ2v) is 5.11. The van der Waals surface area contributed by atoms with Gasteiger partial charge in [0.15, 0.2) is 0 Å². The standard InChI is InChI=1S/C10H12BrNS/c1-2-3-4-7-12-8-9-5-6-10(11)13-9/h5-6,12H,4,7-8H2,1H3. The van der Waals surface area contributed by atoms with E-state index in [1.807, 2.05) is 6.92 Å². The summed E-state index contributed by atoms with van der Waals surface area (Å²) < 4.78 is 1.19. The van der Waals surface area contributed by atoms with Gasteiger partial charge in [-0.1, -0.05) is 0 Å². The molecule has 0 saturated heterocycles. The van der Waals surface area contributed by atoms with E-state index in [4.69, 9.17) is 0 Å².